The number of carbonyl (C=O) groups is 1. The molecular formula is C15H28O2. The lowest BCUT2D eigenvalue weighted by molar-refractivity contribution is -0.150. The molecule has 0 aromatic carbocycles. The van der Waals surface area contributed by atoms with Gasteiger partial charge in [0.15, 0.2) is 0 Å². The molecule has 17 heavy (non-hydrogen) atoms. The summed E-state index contributed by atoms with van der Waals surface area (Å²) in [6.45, 7) is 13.0. The van der Waals surface area contributed by atoms with Crippen LogP contribution in [-0.4, -0.2) is 12.6 Å². The molecule has 0 saturated heterocycles. The topological polar surface area (TPSA) is 26.3 Å². The average Bonchev–Trinajstić information content (AvgIpc) is 2.34. The summed E-state index contributed by atoms with van der Waals surface area (Å²) in [6, 6.07) is 0. The summed E-state index contributed by atoms with van der Waals surface area (Å²) in [7, 11) is 0. The van der Waals surface area contributed by atoms with Crippen LogP contribution in [0.15, 0.2) is 11.6 Å². The molecular weight excluding hydrogens is 212 g/mol. The predicted octanol–water partition coefficient (Wildman–Crippen LogP) is 4.35. The fourth-order valence-electron chi connectivity index (χ4n) is 1.49. The molecule has 0 fully saturated rings. The van der Waals surface area contributed by atoms with Crippen LogP contribution in [0, 0.1) is 11.3 Å². The van der Waals surface area contributed by atoms with Gasteiger partial charge < -0.3 is 4.74 Å². The van der Waals surface area contributed by atoms with E-state index in [0.717, 1.165) is 19.3 Å². The van der Waals surface area contributed by atoms with Crippen LogP contribution < -0.4 is 0 Å². The fraction of sp³-hybridized carbons (Fsp3) is 0.800. The number of hydrogen-bond acceptors (Lipinski definition) is 2. The van der Waals surface area contributed by atoms with E-state index in [1.165, 1.54) is 5.57 Å². The largest absolute Gasteiger partial charge is 0.465 e. The maximum atomic E-state index is 11.6. The maximum Gasteiger partial charge on any atom is 0.308 e. The van der Waals surface area contributed by atoms with Gasteiger partial charge in [0, 0.05) is 5.41 Å². The van der Waals surface area contributed by atoms with E-state index in [2.05, 4.69) is 33.8 Å². The van der Waals surface area contributed by atoms with Crippen molar-refractivity contribution >= 4 is 5.97 Å². The highest BCUT2D eigenvalue weighted by Gasteiger charge is 2.23. The second-order valence-electron chi connectivity index (χ2n) is 5.27. The Balaban J connectivity index is 4.45. The van der Waals surface area contributed by atoms with Gasteiger partial charge in [-0.25, -0.2) is 0 Å². The zero-order valence-electron chi connectivity index (χ0n) is 12.3. The molecule has 2 heteroatoms. The third kappa shape index (κ3) is 5.90. The molecule has 0 aliphatic carbocycles. The quantitative estimate of drug-likeness (QED) is 0.488. The SMILES string of the molecule is CC/C(C)=C/C(C)(CC)COC(=O)C(C)CC. The summed E-state index contributed by atoms with van der Waals surface area (Å²) in [4.78, 5) is 11.6. The number of allylic oxidation sites excluding steroid dienone is 1. The van der Waals surface area contributed by atoms with E-state index in [0.29, 0.717) is 6.61 Å². The van der Waals surface area contributed by atoms with Gasteiger partial charge in [-0.3, -0.25) is 4.79 Å². The van der Waals surface area contributed by atoms with Gasteiger partial charge in [-0.15, -0.1) is 0 Å². The molecule has 2 atom stereocenters. The minimum Gasteiger partial charge on any atom is -0.465 e. The monoisotopic (exact) mass is 240 g/mol. The Kier molecular flexibility index (Phi) is 7.17. The lowest BCUT2D eigenvalue weighted by Gasteiger charge is -2.25. The van der Waals surface area contributed by atoms with Crippen molar-refractivity contribution in [1.29, 1.82) is 0 Å². The van der Waals surface area contributed by atoms with Gasteiger partial charge in [-0.2, -0.15) is 0 Å². The van der Waals surface area contributed by atoms with Gasteiger partial charge in [0.1, 0.15) is 6.61 Å². The van der Waals surface area contributed by atoms with Crippen molar-refractivity contribution in [2.45, 2.75) is 60.8 Å². The second-order valence-corrected chi connectivity index (χ2v) is 5.27. The van der Waals surface area contributed by atoms with Crippen molar-refractivity contribution in [3.8, 4) is 0 Å². The zero-order valence-corrected chi connectivity index (χ0v) is 12.3. The second kappa shape index (κ2) is 7.52. The molecule has 0 bridgehead atoms. The van der Waals surface area contributed by atoms with Crippen molar-refractivity contribution < 1.29 is 9.53 Å². The van der Waals surface area contributed by atoms with Crippen molar-refractivity contribution in [2.24, 2.45) is 11.3 Å². The van der Waals surface area contributed by atoms with E-state index in [1.807, 2.05) is 13.8 Å². The molecule has 0 spiro atoms. The molecule has 0 amide bonds. The van der Waals surface area contributed by atoms with Gasteiger partial charge in [0.25, 0.3) is 0 Å². The summed E-state index contributed by atoms with van der Waals surface area (Å²) in [5.41, 5.74) is 1.33. The molecule has 100 valence electrons. The molecule has 0 aliphatic heterocycles. The molecule has 0 rings (SSSR count). The Morgan fingerprint density at radius 1 is 1.35 bits per heavy atom. The third-order valence-electron chi connectivity index (χ3n) is 3.52. The van der Waals surface area contributed by atoms with E-state index in [4.69, 9.17) is 4.74 Å². The van der Waals surface area contributed by atoms with Gasteiger partial charge in [0.2, 0.25) is 0 Å². The Hall–Kier alpha value is -0.790. The molecule has 0 aromatic heterocycles. The van der Waals surface area contributed by atoms with Crippen LogP contribution in [0.5, 0.6) is 0 Å². The lowest BCUT2D eigenvalue weighted by atomic mass is 9.86. The minimum absolute atomic E-state index is 0.00681. The van der Waals surface area contributed by atoms with Crippen molar-refractivity contribution in [3.05, 3.63) is 11.6 Å². The molecule has 0 saturated carbocycles. The van der Waals surface area contributed by atoms with Crippen molar-refractivity contribution in [1.82, 2.24) is 0 Å². The van der Waals surface area contributed by atoms with E-state index < -0.39 is 0 Å². The summed E-state index contributed by atoms with van der Waals surface area (Å²) in [5, 5.41) is 0. The highest BCUT2D eigenvalue weighted by atomic mass is 16.5. The molecule has 2 unspecified atom stereocenters. The van der Waals surface area contributed by atoms with E-state index in [1.54, 1.807) is 0 Å². The van der Waals surface area contributed by atoms with Crippen molar-refractivity contribution in [2.75, 3.05) is 6.61 Å². The summed E-state index contributed by atoms with van der Waals surface area (Å²) < 4.78 is 5.41. The zero-order chi connectivity index (χ0) is 13.5. The Morgan fingerprint density at radius 2 is 1.94 bits per heavy atom. The standard InChI is InChI=1S/C15H28O2/c1-7-12(4)10-15(6,9-3)11-17-14(16)13(5)8-2/h10,13H,7-9,11H2,1-6H3/b12-10+. The highest BCUT2D eigenvalue weighted by molar-refractivity contribution is 5.71. The van der Waals surface area contributed by atoms with Crippen LogP contribution in [0.3, 0.4) is 0 Å². The van der Waals surface area contributed by atoms with Crippen LogP contribution in [0.4, 0.5) is 0 Å². The summed E-state index contributed by atoms with van der Waals surface area (Å²) in [5.74, 6) is -0.0675. The normalized spacial score (nSPS) is 17.4. The van der Waals surface area contributed by atoms with Crippen LogP contribution in [0.1, 0.15) is 60.8 Å². The predicted molar refractivity (Wildman–Crippen MR) is 72.9 cm³/mol. The van der Waals surface area contributed by atoms with E-state index in [-0.39, 0.29) is 17.3 Å². The van der Waals surface area contributed by atoms with E-state index in [9.17, 15) is 4.79 Å². The number of rotatable bonds is 7. The first-order valence-corrected chi connectivity index (χ1v) is 6.73. The first kappa shape index (κ1) is 16.2. The molecule has 0 N–H and O–H groups in total. The number of hydrogen-bond donors (Lipinski definition) is 0. The van der Waals surface area contributed by atoms with Crippen LogP contribution in [0.2, 0.25) is 0 Å². The average molecular weight is 240 g/mol. The lowest BCUT2D eigenvalue weighted by Crippen LogP contribution is -2.25. The summed E-state index contributed by atoms with van der Waals surface area (Å²) in [6.07, 6.45) is 5.12. The first-order valence-electron chi connectivity index (χ1n) is 6.73. The van der Waals surface area contributed by atoms with Gasteiger partial charge in [-0.1, -0.05) is 46.3 Å². The van der Waals surface area contributed by atoms with E-state index >= 15 is 0 Å². The minimum atomic E-state index is -0.0743. The molecule has 0 radical (unpaired) electrons. The summed E-state index contributed by atoms with van der Waals surface area (Å²) >= 11 is 0. The first-order chi connectivity index (χ1) is 7.88. The molecule has 0 aliphatic rings. The third-order valence-corrected chi connectivity index (χ3v) is 3.52. The smallest absolute Gasteiger partial charge is 0.308 e. The van der Waals surface area contributed by atoms with Gasteiger partial charge in [-0.05, 0) is 26.2 Å². The fourth-order valence-corrected chi connectivity index (χ4v) is 1.49. The Morgan fingerprint density at radius 3 is 2.35 bits per heavy atom. The van der Waals surface area contributed by atoms with Crippen LogP contribution in [0.25, 0.3) is 0 Å². The van der Waals surface area contributed by atoms with Crippen LogP contribution >= 0.6 is 0 Å². The molecule has 0 aromatic rings. The van der Waals surface area contributed by atoms with Crippen LogP contribution in [-0.2, 0) is 9.53 Å². The number of esters is 1. The Bertz CT molecular complexity index is 268. The van der Waals surface area contributed by atoms with Gasteiger partial charge in [0.05, 0.1) is 5.92 Å². The Labute approximate surface area is 106 Å². The van der Waals surface area contributed by atoms with Crippen molar-refractivity contribution in [3.63, 3.8) is 0 Å². The van der Waals surface area contributed by atoms with Gasteiger partial charge >= 0.3 is 5.97 Å². The highest BCUT2D eigenvalue weighted by Crippen LogP contribution is 2.26. The number of carbonyl (C=O) groups excluding carboxylic acids is 1. The molecule has 2 nitrogen and oxygen atoms in total. The maximum absolute atomic E-state index is 11.6. The number of ether oxygens (including phenoxy) is 1. The molecule has 0 heterocycles.